The highest BCUT2D eigenvalue weighted by atomic mass is 32.1. The van der Waals surface area contributed by atoms with Gasteiger partial charge in [-0.05, 0) is 30.5 Å². The highest BCUT2D eigenvalue weighted by Gasteiger charge is 2.33. The van der Waals surface area contributed by atoms with Gasteiger partial charge in [-0.15, -0.1) is 11.3 Å². The van der Waals surface area contributed by atoms with Crippen LogP contribution in [0.1, 0.15) is 34.2 Å². The number of hydrogen-bond acceptors (Lipinski definition) is 4. The largest absolute Gasteiger partial charge is 0.329 e. The SMILES string of the molecule is O=C(c1ccc(-c2ccccc2)[nH]c1=O)N1CCCC1c1nccs1. The van der Waals surface area contributed by atoms with Crippen LogP contribution in [0, 0.1) is 0 Å². The Balaban J connectivity index is 1.63. The molecule has 3 aromatic rings. The zero-order chi connectivity index (χ0) is 17.2. The Bertz CT molecular complexity index is 935. The number of thiazole rings is 1. The van der Waals surface area contributed by atoms with Crippen molar-refractivity contribution in [1.82, 2.24) is 14.9 Å². The molecule has 0 aliphatic carbocycles. The van der Waals surface area contributed by atoms with E-state index in [-0.39, 0.29) is 23.1 Å². The number of nitrogens with one attached hydrogen (secondary N) is 1. The molecule has 5 nitrogen and oxygen atoms in total. The van der Waals surface area contributed by atoms with Crippen molar-refractivity contribution in [3.8, 4) is 11.3 Å². The molecule has 4 rings (SSSR count). The Hall–Kier alpha value is -2.73. The maximum Gasteiger partial charge on any atom is 0.261 e. The van der Waals surface area contributed by atoms with Gasteiger partial charge in [0.25, 0.3) is 11.5 Å². The van der Waals surface area contributed by atoms with E-state index in [0.717, 1.165) is 23.4 Å². The van der Waals surface area contributed by atoms with Crippen LogP contribution in [-0.4, -0.2) is 27.3 Å². The van der Waals surface area contributed by atoms with Crippen LogP contribution in [0.5, 0.6) is 0 Å². The van der Waals surface area contributed by atoms with Gasteiger partial charge in [0.1, 0.15) is 10.6 Å². The molecule has 1 saturated heterocycles. The van der Waals surface area contributed by atoms with Crippen molar-refractivity contribution < 1.29 is 4.79 Å². The molecule has 25 heavy (non-hydrogen) atoms. The van der Waals surface area contributed by atoms with Gasteiger partial charge in [-0.2, -0.15) is 0 Å². The van der Waals surface area contributed by atoms with Crippen LogP contribution in [0.4, 0.5) is 0 Å². The van der Waals surface area contributed by atoms with Crippen LogP contribution >= 0.6 is 11.3 Å². The molecule has 0 radical (unpaired) electrons. The number of carbonyl (C=O) groups is 1. The van der Waals surface area contributed by atoms with Gasteiger partial charge in [-0.3, -0.25) is 9.59 Å². The molecular formula is C19H17N3O2S. The lowest BCUT2D eigenvalue weighted by molar-refractivity contribution is 0.0733. The Morgan fingerprint density at radius 1 is 1.20 bits per heavy atom. The number of aromatic amines is 1. The van der Waals surface area contributed by atoms with E-state index in [9.17, 15) is 9.59 Å². The summed E-state index contributed by atoms with van der Waals surface area (Å²) in [6, 6.07) is 13.0. The smallest absolute Gasteiger partial charge is 0.261 e. The Labute approximate surface area is 149 Å². The van der Waals surface area contributed by atoms with Crippen LogP contribution in [0.25, 0.3) is 11.3 Å². The maximum absolute atomic E-state index is 12.9. The first kappa shape index (κ1) is 15.8. The van der Waals surface area contributed by atoms with Crippen LogP contribution < -0.4 is 5.56 Å². The second kappa shape index (κ2) is 6.64. The third-order valence-corrected chi connectivity index (χ3v) is 5.35. The van der Waals surface area contributed by atoms with E-state index in [1.54, 1.807) is 34.6 Å². The van der Waals surface area contributed by atoms with E-state index in [0.29, 0.717) is 12.2 Å². The molecule has 0 spiro atoms. The lowest BCUT2D eigenvalue weighted by Crippen LogP contribution is -2.34. The van der Waals surface area contributed by atoms with E-state index in [1.807, 2.05) is 35.7 Å². The van der Waals surface area contributed by atoms with Gasteiger partial charge < -0.3 is 9.88 Å². The number of rotatable bonds is 3. The van der Waals surface area contributed by atoms with Crippen molar-refractivity contribution in [2.24, 2.45) is 0 Å². The van der Waals surface area contributed by atoms with Gasteiger partial charge in [-0.25, -0.2) is 4.98 Å². The quantitative estimate of drug-likeness (QED) is 0.786. The van der Waals surface area contributed by atoms with Crippen molar-refractivity contribution in [2.75, 3.05) is 6.54 Å². The summed E-state index contributed by atoms with van der Waals surface area (Å²) in [7, 11) is 0. The summed E-state index contributed by atoms with van der Waals surface area (Å²) < 4.78 is 0. The monoisotopic (exact) mass is 351 g/mol. The normalized spacial score (nSPS) is 17.0. The summed E-state index contributed by atoms with van der Waals surface area (Å²) in [5.41, 5.74) is 1.46. The highest BCUT2D eigenvalue weighted by Crippen LogP contribution is 2.33. The van der Waals surface area contributed by atoms with Crippen molar-refractivity contribution >= 4 is 17.2 Å². The summed E-state index contributed by atoms with van der Waals surface area (Å²) in [4.78, 5) is 34.3. The number of aromatic nitrogens is 2. The molecule has 1 amide bonds. The molecule has 126 valence electrons. The summed E-state index contributed by atoms with van der Waals surface area (Å²) in [6.45, 7) is 0.656. The number of benzene rings is 1. The summed E-state index contributed by atoms with van der Waals surface area (Å²) >= 11 is 1.55. The number of H-pyrrole nitrogens is 1. The number of nitrogens with zero attached hydrogens (tertiary/aromatic N) is 2. The van der Waals surface area contributed by atoms with Crippen molar-refractivity contribution in [1.29, 1.82) is 0 Å². The van der Waals surface area contributed by atoms with Crippen LogP contribution in [-0.2, 0) is 0 Å². The first-order chi connectivity index (χ1) is 12.2. The third kappa shape index (κ3) is 3.00. The Morgan fingerprint density at radius 2 is 2.04 bits per heavy atom. The predicted molar refractivity (Wildman–Crippen MR) is 97.6 cm³/mol. The minimum atomic E-state index is -0.351. The number of pyridine rings is 1. The number of amides is 1. The Morgan fingerprint density at radius 3 is 2.76 bits per heavy atom. The summed E-state index contributed by atoms with van der Waals surface area (Å²) in [5, 5.41) is 2.85. The number of hydrogen-bond donors (Lipinski definition) is 1. The maximum atomic E-state index is 12.9. The number of carbonyl (C=O) groups excluding carboxylic acids is 1. The molecule has 3 heterocycles. The van der Waals surface area contributed by atoms with Gasteiger partial charge in [0, 0.05) is 23.8 Å². The summed E-state index contributed by atoms with van der Waals surface area (Å²) in [5.74, 6) is -0.224. The average Bonchev–Trinajstić information content (AvgIpc) is 3.33. The number of likely N-dealkylation sites (tertiary alicyclic amines) is 1. The fourth-order valence-electron chi connectivity index (χ4n) is 3.25. The molecule has 1 N–H and O–H groups in total. The minimum absolute atomic E-state index is 0.0271. The molecule has 1 fully saturated rings. The highest BCUT2D eigenvalue weighted by molar-refractivity contribution is 7.09. The van der Waals surface area contributed by atoms with Gasteiger partial charge in [0.2, 0.25) is 0 Å². The molecule has 1 atom stereocenters. The lowest BCUT2D eigenvalue weighted by Gasteiger charge is -2.22. The van der Waals surface area contributed by atoms with E-state index in [1.165, 1.54) is 0 Å². The molecule has 1 aliphatic rings. The van der Waals surface area contributed by atoms with Gasteiger partial charge in [0.15, 0.2) is 0 Å². The summed E-state index contributed by atoms with van der Waals surface area (Å²) in [6.07, 6.45) is 3.57. The molecule has 0 saturated carbocycles. The van der Waals surface area contributed by atoms with E-state index in [2.05, 4.69) is 9.97 Å². The van der Waals surface area contributed by atoms with Crippen molar-refractivity contribution in [3.05, 3.63) is 75.0 Å². The van der Waals surface area contributed by atoms with E-state index >= 15 is 0 Å². The van der Waals surface area contributed by atoms with Crippen LogP contribution in [0.15, 0.2) is 58.8 Å². The molecule has 0 bridgehead atoms. The van der Waals surface area contributed by atoms with Gasteiger partial charge in [-0.1, -0.05) is 30.3 Å². The Kier molecular flexibility index (Phi) is 4.19. The standard InChI is InChI=1S/C19H17N3O2S/c23-17-14(8-9-15(21-17)13-5-2-1-3-6-13)19(24)22-11-4-7-16(22)18-20-10-12-25-18/h1-3,5-6,8-10,12,16H,4,7,11H2,(H,21,23). The molecular weight excluding hydrogens is 334 g/mol. The molecule has 2 aromatic heterocycles. The van der Waals surface area contributed by atoms with Gasteiger partial charge in [0.05, 0.1) is 6.04 Å². The molecule has 6 heteroatoms. The second-order valence-electron chi connectivity index (χ2n) is 6.01. The van der Waals surface area contributed by atoms with Crippen LogP contribution in [0.3, 0.4) is 0 Å². The fraction of sp³-hybridized carbons (Fsp3) is 0.211. The molecule has 1 unspecified atom stereocenters. The predicted octanol–water partition coefficient (Wildman–Crippen LogP) is 3.48. The van der Waals surface area contributed by atoms with E-state index in [4.69, 9.17) is 0 Å². The van der Waals surface area contributed by atoms with Crippen molar-refractivity contribution in [3.63, 3.8) is 0 Å². The topological polar surface area (TPSA) is 66.1 Å². The van der Waals surface area contributed by atoms with Crippen LogP contribution in [0.2, 0.25) is 0 Å². The average molecular weight is 351 g/mol. The fourth-order valence-corrected chi connectivity index (χ4v) is 4.03. The van der Waals surface area contributed by atoms with Gasteiger partial charge >= 0.3 is 0 Å². The third-order valence-electron chi connectivity index (χ3n) is 4.47. The first-order valence-electron chi connectivity index (χ1n) is 8.23. The first-order valence-corrected chi connectivity index (χ1v) is 9.11. The van der Waals surface area contributed by atoms with Crippen molar-refractivity contribution in [2.45, 2.75) is 18.9 Å². The molecule has 1 aromatic carbocycles. The zero-order valence-electron chi connectivity index (χ0n) is 13.5. The minimum Gasteiger partial charge on any atom is -0.329 e. The van der Waals surface area contributed by atoms with E-state index < -0.39 is 0 Å². The lowest BCUT2D eigenvalue weighted by atomic mass is 10.1. The molecule has 1 aliphatic heterocycles. The zero-order valence-corrected chi connectivity index (χ0v) is 14.3. The second-order valence-corrected chi connectivity index (χ2v) is 6.93.